The van der Waals surface area contributed by atoms with Crippen molar-refractivity contribution < 1.29 is 8.42 Å². The number of hydrogen-bond donors (Lipinski definition) is 2. The van der Waals surface area contributed by atoms with Gasteiger partial charge in [0.05, 0.1) is 18.3 Å². The molecule has 0 atom stereocenters. The highest BCUT2D eigenvalue weighted by molar-refractivity contribution is 7.88. The smallest absolute Gasteiger partial charge is 0.208 e. The summed E-state index contributed by atoms with van der Waals surface area (Å²) in [5.41, 5.74) is 1.13. The second-order valence-corrected chi connectivity index (χ2v) is 6.96. The van der Waals surface area contributed by atoms with Gasteiger partial charge in [-0.05, 0) is 18.9 Å². The molecular weight excluding hydrogens is 264 g/mol. The molecule has 1 aromatic heterocycles. The highest BCUT2D eigenvalue weighted by Crippen LogP contribution is 2.01. The van der Waals surface area contributed by atoms with E-state index in [9.17, 15) is 8.42 Å². The van der Waals surface area contributed by atoms with Gasteiger partial charge < -0.3 is 9.88 Å². The zero-order valence-electron chi connectivity index (χ0n) is 11.9. The van der Waals surface area contributed by atoms with Gasteiger partial charge in [0.15, 0.2) is 0 Å². The molecule has 6 nitrogen and oxygen atoms in total. The van der Waals surface area contributed by atoms with Gasteiger partial charge in [0.1, 0.15) is 0 Å². The Labute approximate surface area is 115 Å². The summed E-state index contributed by atoms with van der Waals surface area (Å²) < 4.78 is 26.4. The minimum atomic E-state index is -3.09. The maximum atomic E-state index is 10.9. The largest absolute Gasteiger partial charge is 0.333 e. The minimum absolute atomic E-state index is 0.454. The molecule has 1 heterocycles. The Morgan fingerprint density at radius 2 is 2.16 bits per heavy atom. The van der Waals surface area contributed by atoms with E-state index in [1.54, 1.807) is 6.33 Å². The predicted octanol–water partition coefficient (Wildman–Crippen LogP) is 0.568. The third kappa shape index (κ3) is 7.29. The van der Waals surface area contributed by atoms with Gasteiger partial charge in [-0.25, -0.2) is 18.1 Å². The maximum Gasteiger partial charge on any atom is 0.208 e. The van der Waals surface area contributed by atoms with E-state index in [1.165, 1.54) is 6.26 Å². The molecule has 0 fully saturated rings. The van der Waals surface area contributed by atoms with Crippen molar-refractivity contribution >= 4 is 10.0 Å². The molecule has 2 N–H and O–H groups in total. The molecule has 110 valence electrons. The normalized spacial score (nSPS) is 12.2. The minimum Gasteiger partial charge on any atom is -0.333 e. The summed E-state index contributed by atoms with van der Waals surface area (Å²) in [7, 11) is -3.09. The Kier molecular flexibility index (Phi) is 6.47. The molecule has 0 aromatic carbocycles. The van der Waals surface area contributed by atoms with Crippen molar-refractivity contribution in [1.82, 2.24) is 19.6 Å². The van der Waals surface area contributed by atoms with E-state index < -0.39 is 10.0 Å². The fourth-order valence-corrected chi connectivity index (χ4v) is 2.21. The van der Waals surface area contributed by atoms with Crippen molar-refractivity contribution in [3.63, 3.8) is 0 Å². The zero-order valence-corrected chi connectivity index (χ0v) is 12.7. The highest BCUT2D eigenvalue weighted by atomic mass is 32.2. The SMILES string of the molecule is CC(C)CNCc1cncn1CCCNS(C)(=O)=O. The first-order valence-electron chi connectivity index (χ1n) is 6.53. The van der Waals surface area contributed by atoms with Crippen LogP contribution < -0.4 is 10.0 Å². The van der Waals surface area contributed by atoms with E-state index >= 15 is 0 Å². The van der Waals surface area contributed by atoms with Crippen LogP contribution in [0.3, 0.4) is 0 Å². The van der Waals surface area contributed by atoms with Crippen LogP contribution in [0.2, 0.25) is 0 Å². The van der Waals surface area contributed by atoms with Gasteiger partial charge in [0.2, 0.25) is 10.0 Å². The van der Waals surface area contributed by atoms with E-state index in [-0.39, 0.29) is 0 Å². The number of aromatic nitrogens is 2. The van der Waals surface area contributed by atoms with Gasteiger partial charge >= 0.3 is 0 Å². The Morgan fingerprint density at radius 3 is 2.79 bits per heavy atom. The summed E-state index contributed by atoms with van der Waals surface area (Å²) in [5.74, 6) is 0.621. The third-order valence-electron chi connectivity index (χ3n) is 2.60. The monoisotopic (exact) mass is 288 g/mol. The molecule has 0 bridgehead atoms. The summed E-state index contributed by atoms with van der Waals surface area (Å²) in [6.07, 6.45) is 5.55. The summed E-state index contributed by atoms with van der Waals surface area (Å²) in [6, 6.07) is 0. The molecule has 0 aliphatic carbocycles. The van der Waals surface area contributed by atoms with Crippen LogP contribution in [0.1, 0.15) is 26.0 Å². The van der Waals surface area contributed by atoms with Crippen LogP contribution >= 0.6 is 0 Å². The standard InChI is InChI=1S/C12H24N4O2S/c1-11(2)7-13-8-12-9-14-10-16(12)6-4-5-15-19(3,17)18/h9-11,13,15H,4-8H2,1-3H3. The molecule has 0 unspecified atom stereocenters. The first-order chi connectivity index (χ1) is 8.88. The van der Waals surface area contributed by atoms with Gasteiger partial charge in [-0.2, -0.15) is 0 Å². The average Bonchev–Trinajstić information content (AvgIpc) is 2.70. The lowest BCUT2D eigenvalue weighted by Crippen LogP contribution is -2.24. The molecule has 19 heavy (non-hydrogen) atoms. The van der Waals surface area contributed by atoms with Gasteiger partial charge in [0, 0.05) is 25.8 Å². The molecule has 0 radical (unpaired) electrons. The molecule has 0 amide bonds. The average molecular weight is 288 g/mol. The summed E-state index contributed by atoms with van der Waals surface area (Å²) in [5, 5.41) is 3.37. The van der Waals surface area contributed by atoms with Crippen LogP contribution in [0.4, 0.5) is 0 Å². The fraction of sp³-hybridized carbons (Fsp3) is 0.750. The van der Waals surface area contributed by atoms with Gasteiger partial charge in [0.25, 0.3) is 0 Å². The van der Waals surface area contributed by atoms with Crippen LogP contribution in [-0.4, -0.2) is 37.3 Å². The maximum absolute atomic E-state index is 10.9. The molecule has 1 aromatic rings. The molecule has 0 spiro atoms. The number of nitrogens with zero attached hydrogens (tertiary/aromatic N) is 2. The molecule has 0 saturated carbocycles. The quantitative estimate of drug-likeness (QED) is 0.651. The van der Waals surface area contributed by atoms with Crippen molar-refractivity contribution in [2.45, 2.75) is 33.4 Å². The Hall–Kier alpha value is -0.920. The second kappa shape index (κ2) is 7.62. The summed E-state index contributed by atoms with van der Waals surface area (Å²) in [4.78, 5) is 4.13. The Bertz CT molecular complexity index is 468. The van der Waals surface area contributed by atoms with E-state index in [0.29, 0.717) is 12.5 Å². The number of nitrogens with one attached hydrogen (secondary N) is 2. The summed E-state index contributed by atoms with van der Waals surface area (Å²) in [6.45, 7) is 7.32. The van der Waals surface area contributed by atoms with Crippen LogP contribution in [0.25, 0.3) is 0 Å². The van der Waals surface area contributed by atoms with Crippen molar-refractivity contribution in [3.05, 3.63) is 18.2 Å². The first kappa shape index (κ1) is 16.1. The molecular formula is C12H24N4O2S. The highest BCUT2D eigenvalue weighted by Gasteiger charge is 2.03. The van der Waals surface area contributed by atoms with Crippen LogP contribution in [-0.2, 0) is 23.1 Å². The topological polar surface area (TPSA) is 76.0 Å². The number of imidazole rings is 1. The number of hydrogen-bond acceptors (Lipinski definition) is 4. The predicted molar refractivity (Wildman–Crippen MR) is 76.2 cm³/mol. The van der Waals surface area contributed by atoms with Crippen LogP contribution in [0.15, 0.2) is 12.5 Å². The van der Waals surface area contributed by atoms with Gasteiger partial charge in [-0.1, -0.05) is 13.8 Å². The molecule has 0 saturated heterocycles. The Morgan fingerprint density at radius 1 is 1.42 bits per heavy atom. The lowest BCUT2D eigenvalue weighted by Gasteiger charge is -2.10. The summed E-state index contributed by atoms with van der Waals surface area (Å²) >= 11 is 0. The molecule has 1 rings (SSSR count). The van der Waals surface area contributed by atoms with E-state index in [0.717, 1.165) is 31.7 Å². The van der Waals surface area contributed by atoms with E-state index in [1.807, 2.05) is 6.20 Å². The van der Waals surface area contributed by atoms with Crippen molar-refractivity contribution in [1.29, 1.82) is 0 Å². The third-order valence-corrected chi connectivity index (χ3v) is 3.33. The van der Waals surface area contributed by atoms with Crippen molar-refractivity contribution in [3.8, 4) is 0 Å². The lowest BCUT2D eigenvalue weighted by atomic mass is 10.2. The van der Waals surface area contributed by atoms with E-state index in [4.69, 9.17) is 0 Å². The Balaban J connectivity index is 2.32. The number of aryl methyl sites for hydroxylation is 1. The van der Waals surface area contributed by atoms with Crippen LogP contribution in [0.5, 0.6) is 0 Å². The lowest BCUT2D eigenvalue weighted by molar-refractivity contribution is 0.527. The van der Waals surface area contributed by atoms with Crippen LogP contribution in [0, 0.1) is 5.92 Å². The fourth-order valence-electron chi connectivity index (χ4n) is 1.69. The first-order valence-corrected chi connectivity index (χ1v) is 8.42. The molecule has 7 heteroatoms. The van der Waals surface area contributed by atoms with Gasteiger partial charge in [-0.3, -0.25) is 0 Å². The second-order valence-electron chi connectivity index (χ2n) is 5.12. The van der Waals surface area contributed by atoms with Crippen molar-refractivity contribution in [2.75, 3.05) is 19.3 Å². The van der Waals surface area contributed by atoms with Crippen molar-refractivity contribution in [2.24, 2.45) is 5.92 Å². The number of rotatable bonds is 9. The zero-order chi connectivity index (χ0) is 14.3. The van der Waals surface area contributed by atoms with Gasteiger partial charge in [-0.15, -0.1) is 0 Å². The van der Waals surface area contributed by atoms with E-state index in [2.05, 4.69) is 33.4 Å². The molecule has 0 aliphatic rings. The molecule has 0 aliphatic heterocycles. The number of sulfonamides is 1.